The molecule has 0 saturated carbocycles. The molecule has 0 bridgehead atoms. The van der Waals surface area contributed by atoms with E-state index in [-0.39, 0.29) is 23.6 Å². The van der Waals surface area contributed by atoms with E-state index in [9.17, 15) is 14.4 Å². The highest BCUT2D eigenvalue weighted by Crippen LogP contribution is 2.23. The lowest BCUT2D eigenvalue weighted by Crippen LogP contribution is -2.52. The summed E-state index contributed by atoms with van der Waals surface area (Å²) in [5, 5.41) is 2.85. The molecule has 1 fully saturated rings. The Morgan fingerprint density at radius 1 is 1.15 bits per heavy atom. The predicted octanol–water partition coefficient (Wildman–Crippen LogP) is 3.18. The van der Waals surface area contributed by atoms with Gasteiger partial charge in [-0.2, -0.15) is 0 Å². The van der Waals surface area contributed by atoms with E-state index in [1.165, 1.54) is 6.92 Å². The topological polar surface area (TPSA) is 75.7 Å². The number of rotatable bonds is 5. The number of hydrogen-bond acceptors (Lipinski definition) is 4. The van der Waals surface area contributed by atoms with Gasteiger partial charge in [-0.15, -0.1) is 0 Å². The number of piperidine rings is 1. The van der Waals surface area contributed by atoms with Gasteiger partial charge in [-0.3, -0.25) is 9.59 Å². The van der Waals surface area contributed by atoms with Crippen molar-refractivity contribution in [3.05, 3.63) is 34.9 Å². The number of ether oxygens (including phenoxy) is 1. The number of benzene rings is 1. The summed E-state index contributed by atoms with van der Waals surface area (Å²) < 4.78 is 5.31. The number of halogens is 1. The molecule has 1 heterocycles. The van der Waals surface area contributed by atoms with Gasteiger partial charge in [0, 0.05) is 12.1 Å². The summed E-state index contributed by atoms with van der Waals surface area (Å²) in [6, 6.07) is 5.92. The maximum Gasteiger partial charge on any atom is 0.329 e. The lowest BCUT2D eigenvalue weighted by atomic mass is 9.97. The second-order valence-corrected chi connectivity index (χ2v) is 7.54. The summed E-state index contributed by atoms with van der Waals surface area (Å²) >= 11 is 5.99. The number of amides is 2. The molecule has 2 rings (SSSR count). The number of likely N-dealkylation sites (tertiary alicyclic amines) is 1. The molecule has 1 saturated heterocycles. The van der Waals surface area contributed by atoms with E-state index >= 15 is 0 Å². The molecule has 1 aliphatic rings. The highest BCUT2D eigenvalue weighted by Gasteiger charge is 2.34. The lowest BCUT2D eigenvalue weighted by molar-refractivity contribution is -0.163. The average Bonchev–Trinajstić information content (AvgIpc) is 2.61. The molecule has 1 aromatic rings. The van der Waals surface area contributed by atoms with Gasteiger partial charge in [0.05, 0.1) is 10.6 Å². The van der Waals surface area contributed by atoms with E-state index < -0.39 is 24.0 Å². The van der Waals surface area contributed by atoms with Gasteiger partial charge in [-0.25, -0.2) is 4.79 Å². The van der Waals surface area contributed by atoms with Crippen molar-refractivity contribution in [2.45, 2.75) is 71.2 Å². The number of nitrogens with zero attached hydrogens (tertiary/aromatic N) is 1. The first kappa shape index (κ1) is 21.2. The summed E-state index contributed by atoms with van der Waals surface area (Å²) in [5.74, 6) is -1.33. The Bertz CT molecular complexity index is 699. The standard InChI is InChI=1S/C20H27ClN2O4/c1-12-8-7-9-13(2)23(12)19(25)15(4)27-20(26)14(3)22-18(24)16-10-5-6-11-17(16)21/h5-6,10-15H,7-9H2,1-4H3,(H,22,24)/t12-,13-,14+,15-/m1/s1. The molecular formula is C20H27ClN2O4. The molecule has 6 nitrogen and oxygen atoms in total. The minimum absolute atomic E-state index is 0.125. The van der Waals surface area contributed by atoms with Gasteiger partial charge in [0.15, 0.2) is 6.10 Å². The molecule has 0 aliphatic carbocycles. The van der Waals surface area contributed by atoms with Crippen LogP contribution in [0.1, 0.15) is 57.3 Å². The van der Waals surface area contributed by atoms with Crippen molar-refractivity contribution in [3.63, 3.8) is 0 Å². The molecule has 148 valence electrons. The van der Waals surface area contributed by atoms with Crippen LogP contribution in [0, 0.1) is 0 Å². The molecule has 0 unspecified atom stereocenters. The predicted molar refractivity (Wildman–Crippen MR) is 104 cm³/mol. The average molecular weight is 395 g/mol. The summed E-state index contributed by atoms with van der Waals surface area (Å²) in [6.45, 7) is 7.10. The van der Waals surface area contributed by atoms with E-state index in [1.54, 1.807) is 36.1 Å². The van der Waals surface area contributed by atoms with Crippen LogP contribution < -0.4 is 5.32 Å². The minimum Gasteiger partial charge on any atom is -0.451 e. The highest BCUT2D eigenvalue weighted by atomic mass is 35.5. The Balaban J connectivity index is 1.94. The molecule has 0 aromatic heterocycles. The summed E-state index contributed by atoms with van der Waals surface area (Å²) in [7, 11) is 0. The summed E-state index contributed by atoms with van der Waals surface area (Å²) in [5.41, 5.74) is 0.277. The second kappa shape index (κ2) is 9.22. The Morgan fingerprint density at radius 3 is 2.33 bits per heavy atom. The third-order valence-corrected chi connectivity index (χ3v) is 5.24. The van der Waals surface area contributed by atoms with Crippen molar-refractivity contribution < 1.29 is 19.1 Å². The fraction of sp³-hybridized carbons (Fsp3) is 0.550. The van der Waals surface area contributed by atoms with Crippen LogP contribution in [0.3, 0.4) is 0 Å². The first-order chi connectivity index (χ1) is 12.7. The minimum atomic E-state index is -0.903. The van der Waals surface area contributed by atoms with Crippen molar-refractivity contribution >= 4 is 29.4 Å². The normalized spacial score (nSPS) is 21.9. The molecule has 1 N–H and O–H groups in total. The van der Waals surface area contributed by atoms with Crippen LogP contribution in [0.15, 0.2) is 24.3 Å². The maximum atomic E-state index is 12.7. The van der Waals surface area contributed by atoms with Gasteiger partial charge < -0.3 is 15.0 Å². The SMILES string of the molecule is C[C@H](NC(=O)c1ccccc1Cl)C(=O)O[C@H](C)C(=O)N1[C@H](C)CCC[C@H]1C. The zero-order valence-electron chi connectivity index (χ0n) is 16.2. The van der Waals surface area contributed by atoms with Gasteiger partial charge in [0.2, 0.25) is 0 Å². The van der Waals surface area contributed by atoms with Gasteiger partial charge in [-0.1, -0.05) is 23.7 Å². The van der Waals surface area contributed by atoms with Gasteiger partial charge in [-0.05, 0) is 59.1 Å². The molecule has 7 heteroatoms. The monoisotopic (exact) mass is 394 g/mol. The molecule has 2 amide bonds. The molecule has 4 atom stereocenters. The van der Waals surface area contributed by atoms with E-state index in [1.807, 2.05) is 13.8 Å². The molecular weight excluding hydrogens is 368 g/mol. The van der Waals surface area contributed by atoms with Crippen molar-refractivity contribution in [2.75, 3.05) is 0 Å². The first-order valence-corrected chi connectivity index (χ1v) is 9.68. The van der Waals surface area contributed by atoms with Crippen LogP contribution in [0.4, 0.5) is 0 Å². The quantitative estimate of drug-likeness (QED) is 0.778. The van der Waals surface area contributed by atoms with Crippen molar-refractivity contribution in [1.29, 1.82) is 0 Å². The molecule has 1 aromatic carbocycles. The van der Waals surface area contributed by atoms with Crippen molar-refractivity contribution in [2.24, 2.45) is 0 Å². The van der Waals surface area contributed by atoms with Crippen LogP contribution in [-0.4, -0.2) is 46.9 Å². The fourth-order valence-corrected chi connectivity index (χ4v) is 3.59. The Kier molecular flexibility index (Phi) is 7.25. The summed E-state index contributed by atoms with van der Waals surface area (Å²) in [4.78, 5) is 39.1. The van der Waals surface area contributed by atoms with E-state index in [0.29, 0.717) is 5.02 Å². The fourth-order valence-electron chi connectivity index (χ4n) is 3.37. The third kappa shape index (κ3) is 5.22. The highest BCUT2D eigenvalue weighted by molar-refractivity contribution is 6.33. The number of carbonyl (C=O) groups is 3. The van der Waals surface area contributed by atoms with Crippen molar-refractivity contribution in [3.8, 4) is 0 Å². The van der Waals surface area contributed by atoms with Crippen LogP contribution in [0.25, 0.3) is 0 Å². The largest absolute Gasteiger partial charge is 0.451 e. The number of nitrogens with one attached hydrogen (secondary N) is 1. The molecule has 27 heavy (non-hydrogen) atoms. The maximum absolute atomic E-state index is 12.7. The van der Waals surface area contributed by atoms with E-state index in [4.69, 9.17) is 16.3 Å². The zero-order chi connectivity index (χ0) is 20.1. The van der Waals surface area contributed by atoms with E-state index in [2.05, 4.69) is 5.32 Å². The van der Waals surface area contributed by atoms with Crippen LogP contribution in [0.5, 0.6) is 0 Å². The van der Waals surface area contributed by atoms with Crippen LogP contribution in [-0.2, 0) is 14.3 Å². The summed E-state index contributed by atoms with van der Waals surface area (Å²) in [6.07, 6.45) is 2.08. The lowest BCUT2D eigenvalue weighted by Gasteiger charge is -2.40. The smallest absolute Gasteiger partial charge is 0.329 e. The third-order valence-electron chi connectivity index (χ3n) is 4.91. The van der Waals surface area contributed by atoms with Gasteiger partial charge in [0.25, 0.3) is 11.8 Å². The number of carbonyl (C=O) groups excluding carboxylic acids is 3. The first-order valence-electron chi connectivity index (χ1n) is 9.30. The molecule has 0 spiro atoms. The number of esters is 1. The Labute approximate surface area is 165 Å². The molecule has 0 radical (unpaired) electrons. The Morgan fingerprint density at radius 2 is 1.74 bits per heavy atom. The van der Waals surface area contributed by atoms with Crippen LogP contribution >= 0.6 is 11.6 Å². The van der Waals surface area contributed by atoms with Crippen molar-refractivity contribution in [1.82, 2.24) is 10.2 Å². The van der Waals surface area contributed by atoms with Gasteiger partial charge >= 0.3 is 5.97 Å². The molecule has 1 aliphatic heterocycles. The second-order valence-electron chi connectivity index (χ2n) is 7.13. The zero-order valence-corrected chi connectivity index (χ0v) is 17.0. The van der Waals surface area contributed by atoms with Crippen LogP contribution in [0.2, 0.25) is 5.02 Å². The van der Waals surface area contributed by atoms with Gasteiger partial charge in [0.1, 0.15) is 6.04 Å². The Hall–Kier alpha value is -2.08. The van der Waals surface area contributed by atoms with E-state index in [0.717, 1.165) is 19.3 Å². The number of hydrogen-bond donors (Lipinski definition) is 1.